The summed E-state index contributed by atoms with van der Waals surface area (Å²) in [6.45, 7) is 12.0. The average molecular weight is 202 g/mol. The molecule has 1 amide bonds. The highest BCUT2D eigenvalue weighted by Gasteiger charge is 2.21. The van der Waals surface area contributed by atoms with Crippen molar-refractivity contribution in [2.24, 2.45) is 0 Å². The summed E-state index contributed by atoms with van der Waals surface area (Å²) in [7, 11) is 0. The van der Waals surface area contributed by atoms with E-state index >= 15 is 0 Å². The van der Waals surface area contributed by atoms with Gasteiger partial charge in [0.05, 0.1) is 0 Å². The van der Waals surface area contributed by atoms with Crippen LogP contribution in [0.5, 0.6) is 0 Å². The molecule has 14 heavy (non-hydrogen) atoms. The summed E-state index contributed by atoms with van der Waals surface area (Å²) in [5.41, 5.74) is 2.57. The third-order valence-corrected chi connectivity index (χ3v) is 1.34. The molecule has 0 saturated carbocycles. The monoisotopic (exact) mass is 202 g/mol. The summed E-state index contributed by atoms with van der Waals surface area (Å²) in [4.78, 5) is 11.6. The molecule has 0 aromatic heterocycles. The fraction of sp³-hybridized carbons (Fsp3) is 0.900. The Morgan fingerprint density at radius 3 is 2.21 bits per heavy atom. The first-order valence-electron chi connectivity index (χ1n) is 5.03. The largest absolute Gasteiger partial charge is 0.443 e. The number of nitrogens with one attached hydrogen (secondary N) is 1. The van der Waals surface area contributed by atoms with Crippen LogP contribution in [-0.4, -0.2) is 29.3 Å². The minimum absolute atomic E-state index is 0.225. The number of ether oxygens (including phenoxy) is 1. The molecular formula is C10H22N2O2. The smallest absolute Gasteiger partial charge is 0.424 e. The van der Waals surface area contributed by atoms with Crippen molar-refractivity contribution in [3.63, 3.8) is 0 Å². The lowest BCUT2D eigenvalue weighted by Gasteiger charge is -2.28. The maximum Gasteiger partial charge on any atom is 0.424 e. The Balaban J connectivity index is 4.18. The number of hydrazine groups is 1. The molecule has 0 rings (SSSR count). The predicted molar refractivity (Wildman–Crippen MR) is 56.9 cm³/mol. The summed E-state index contributed by atoms with van der Waals surface area (Å²) in [6, 6.07) is 0.225. The van der Waals surface area contributed by atoms with Crippen molar-refractivity contribution in [2.45, 2.75) is 53.2 Å². The van der Waals surface area contributed by atoms with Gasteiger partial charge in [0.25, 0.3) is 0 Å². The molecule has 84 valence electrons. The lowest BCUT2D eigenvalue weighted by molar-refractivity contribution is 0.0124. The molecule has 0 aliphatic rings. The molecule has 0 saturated heterocycles. The predicted octanol–water partition coefficient (Wildman–Crippen LogP) is 2.16. The summed E-state index contributed by atoms with van der Waals surface area (Å²) >= 11 is 0. The van der Waals surface area contributed by atoms with E-state index in [2.05, 4.69) is 5.43 Å². The quantitative estimate of drug-likeness (QED) is 0.713. The minimum Gasteiger partial charge on any atom is -0.443 e. The Hall–Kier alpha value is -0.770. The first kappa shape index (κ1) is 13.2. The Morgan fingerprint density at radius 2 is 1.93 bits per heavy atom. The number of amides is 1. The van der Waals surface area contributed by atoms with Crippen molar-refractivity contribution in [3.05, 3.63) is 0 Å². The summed E-state index contributed by atoms with van der Waals surface area (Å²) in [6.07, 6.45) is -0.325. The molecule has 0 unspecified atom stereocenters. The SMILES string of the molecule is CCN(NC(C)C)C(=O)OC(C)(C)C. The highest BCUT2D eigenvalue weighted by atomic mass is 16.6. The van der Waals surface area contributed by atoms with Crippen LogP contribution in [0.2, 0.25) is 0 Å². The Bertz CT molecular complexity index is 185. The Kier molecular flexibility index (Phi) is 4.91. The number of hydrogen-bond acceptors (Lipinski definition) is 3. The van der Waals surface area contributed by atoms with Gasteiger partial charge in [-0.1, -0.05) is 0 Å². The van der Waals surface area contributed by atoms with Gasteiger partial charge in [-0.2, -0.15) is 0 Å². The second kappa shape index (κ2) is 5.20. The van der Waals surface area contributed by atoms with Crippen molar-refractivity contribution in [1.29, 1.82) is 0 Å². The van der Waals surface area contributed by atoms with Gasteiger partial charge in [-0.05, 0) is 41.5 Å². The van der Waals surface area contributed by atoms with Crippen LogP contribution in [0.3, 0.4) is 0 Å². The molecule has 0 aromatic rings. The molecule has 0 spiro atoms. The number of carbonyl (C=O) groups excluding carboxylic acids is 1. The molecule has 0 heterocycles. The van der Waals surface area contributed by atoms with E-state index in [1.165, 1.54) is 5.01 Å². The molecule has 0 aromatic carbocycles. The van der Waals surface area contributed by atoms with Crippen LogP contribution in [0.25, 0.3) is 0 Å². The van der Waals surface area contributed by atoms with Crippen LogP contribution in [-0.2, 0) is 4.74 Å². The number of carbonyl (C=O) groups is 1. The third kappa shape index (κ3) is 5.80. The fourth-order valence-electron chi connectivity index (χ4n) is 0.902. The first-order chi connectivity index (χ1) is 6.26. The Labute approximate surface area is 86.6 Å². The highest BCUT2D eigenvalue weighted by molar-refractivity contribution is 5.67. The van der Waals surface area contributed by atoms with Gasteiger partial charge < -0.3 is 4.74 Å². The number of hydrogen-bond donors (Lipinski definition) is 1. The van der Waals surface area contributed by atoms with Crippen LogP contribution >= 0.6 is 0 Å². The van der Waals surface area contributed by atoms with E-state index in [1.54, 1.807) is 0 Å². The van der Waals surface area contributed by atoms with Crippen molar-refractivity contribution < 1.29 is 9.53 Å². The van der Waals surface area contributed by atoms with Gasteiger partial charge in [-0.15, -0.1) is 0 Å². The highest BCUT2D eigenvalue weighted by Crippen LogP contribution is 2.08. The molecule has 0 bridgehead atoms. The van der Waals surface area contributed by atoms with Crippen molar-refractivity contribution in [1.82, 2.24) is 10.4 Å². The first-order valence-corrected chi connectivity index (χ1v) is 5.03. The summed E-state index contributed by atoms with van der Waals surface area (Å²) in [5.74, 6) is 0. The van der Waals surface area contributed by atoms with Crippen LogP contribution in [0.4, 0.5) is 4.79 Å². The molecule has 0 aliphatic carbocycles. The van der Waals surface area contributed by atoms with Gasteiger partial charge in [0.1, 0.15) is 5.60 Å². The van der Waals surface area contributed by atoms with E-state index in [0.29, 0.717) is 6.54 Å². The van der Waals surface area contributed by atoms with Crippen LogP contribution < -0.4 is 5.43 Å². The number of nitrogens with zero attached hydrogens (tertiary/aromatic N) is 1. The maximum atomic E-state index is 11.6. The van der Waals surface area contributed by atoms with Gasteiger partial charge >= 0.3 is 6.09 Å². The Morgan fingerprint density at radius 1 is 1.43 bits per heavy atom. The fourth-order valence-corrected chi connectivity index (χ4v) is 0.902. The van der Waals surface area contributed by atoms with Crippen LogP contribution in [0, 0.1) is 0 Å². The standard InChI is InChI=1S/C10H22N2O2/c1-7-12(11-8(2)3)9(13)14-10(4,5)6/h8,11H,7H2,1-6H3. The van der Waals surface area contributed by atoms with E-state index < -0.39 is 5.60 Å². The van der Waals surface area contributed by atoms with Gasteiger partial charge in [-0.3, -0.25) is 0 Å². The average Bonchev–Trinajstić information content (AvgIpc) is 1.96. The zero-order valence-corrected chi connectivity index (χ0v) is 10.0. The van der Waals surface area contributed by atoms with Crippen LogP contribution in [0.1, 0.15) is 41.5 Å². The molecule has 4 nitrogen and oxygen atoms in total. The van der Waals surface area contributed by atoms with Crippen molar-refractivity contribution >= 4 is 6.09 Å². The topological polar surface area (TPSA) is 41.6 Å². The second-order valence-corrected chi connectivity index (χ2v) is 4.51. The van der Waals surface area contributed by atoms with Crippen molar-refractivity contribution in [2.75, 3.05) is 6.54 Å². The van der Waals surface area contributed by atoms with E-state index in [4.69, 9.17) is 4.74 Å². The maximum absolute atomic E-state index is 11.6. The van der Waals surface area contributed by atoms with Crippen LogP contribution in [0.15, 0.2) is 0 Å². The second-order valence-electron chi connectivity index (χ2n) is 4.51. The lowest BCUT2D eigenvalue weighted by Crippen LogP contribution is -2.48. The minimum atomic E-state index is -0.441. The third-order valence-electron chi connectivity index (χ3n) is 1.34. The molecule has 0 fully saturated rings. The molecule has 4 heteroatoms. The van der Waals surface area contributed by atoms with Gasteiger partial charge in [0, 0.05) is 12.6 Å². The summed E-state index contributed by atoms with van der Waals surface area (Å²) in [5, 5.41) is 1.48. The van der Waals surface area contributed by atoms with Gasteiger partial charge in [0.15, 0.2) is 0 Å². The van der Waals surface area contributed by atoms with Gasteiger partial charge in [-0.25, -0.2) is 15.2 Å². The van der Waals surface area contributed by atoms with E-state index in [-0.39, 0.29) is 12.1 Å². The molecule has 0 atom stereocenters. The van der Waals surface area contributed by atoms with E-state index in [1.807, 2.05) is 41.5 Å². The van der Waals surface area contributed by atoms with Gasteiger partial charge in [0.2, 0.25) is 0 Å². The summed E-state index contributed by atoms with van der Waals surface area (Å²) < 4.78 is 5.22. The van der Waals surface area contributed by atoms with E-state index in [0.717, 1.165) is 0 Å². The zero-order valence-electron chi connectivity index (χ0n) is 10.0. The molecular weight excluding hydrogens is 180 g/mol. The normalized spacial score (nSPS) is 11.6. The lowest BCUT2D eigenvalue weighted by atomic mass is 10.2. The van der Waals surface area contributed by atoms with Crippen molar-refractivity contribution in [3.8, 4) is 0 Å². The van der Waals surface area contributed by atoms with E-state index in [9.17, 15) is 4.79 Å². The molecule has 0 radical (unpaired) electrons. The number of rotatable bonds is 3. The zero-order chi connectivity index (χ0) is 11.4. The molecule has 0 aliphatic heterocycles. The molecule has 1 N–H and O–H groups in total.